The zero-order valence-corrected chi connectivity index (χ0v) is 13.2. The molecule has 0 fully saturated rings. The van der Waals surface area contributed by atoms with Gasteiger partial charge in [0.2, 0.25) is 5.56 Å². The van der Waals surface area contributed by atoms with Gasteiger partial charge in [-0.15, -0.1) is 0 Å². The normalized spacial score (nSPS) is 11.8. The average molecular weight is 351 g/mol. The van der Waals surface area contributed by atoms with E-state index in [1.807, 2.05) is 25.1 Å². The molecule has 110 valence electrons. The molecule has 0 aliphatic heterocycles. The van der Waals surface area contributed by atoms with Gasteiger partial charge in [0.15, 0.2) is 0 Å². The summed E-state index contributed by atoms with van der Waals surface area (Å²) in [7, 11) is 1.60. The molecule has 5 nitrogen and oxygen atoms in total. The summed E-state index contributed by atoms with van der Waals surface area (Å²) in [6.07, 6.45) is 1.45. The van der Waals surface area contributed by atoms with Crippen molar-refractivity contribution >= 4 is 21.8 Å². The van der Waals surface area contributed by atoms with Gasteiger partial charge in [-0.25, -0.2) is 0 Å². The summed E-state index contributed by atoms with van der Waals surface area (Å²) >= 11 is 3.41. The van der Waals surface area contributed by atoms with Crippen LogP contribution in [0.3, 0.4) is 0 Å². The van der Waals surface area contributed by atoms with Gasteiger partial charge in [-0.1, -0.05) is 6.07 Å². The zero-order chi connectivity index (χ0) is 15.4. The van der Waals surface area contributed by atoms with Crippen LogP contribution in [0.5, 0.6) is 5.75 Å². The van der Waals surface area contributed by atoms with Crippen molar-refractivity contribution in [2.45, 2.75) is 13.0 Å². The van der Waals surface area contributed by atoms with Crippen LogP contribution in [0.2, 0.25) is 0 Å². The number of aromatic nitrogens is 1. The van der Waals surface area contributed by atoms with E-state index in [0.717, 1.165) is 15.8 Å². The predicted octanol–water partition coefficient (Wildman–Crippen LogP) is 2.64. The Morgan fingerprint density at radius 2 is 2.10 bits per heavy atom. The van der Waals surface area contributed by atoms with E-state index >= 15 is 0 Å². The molecular weight excluding hydrogens is 336 g/mol. The highest BCUT2D eigenvalue weighted by Crippen LogP contribution is 2.28. The number of halogens is 1. The van der Waals surface area contributed by atoms with E-state index in [0.29, 0.717) is 5.56 Å². The first-order valence-corrected chi connectivity index (χ1v) is 7.13. The number of nitrogens with one attached hydrogen (secondary N) is 2. The number of methoxy groups -OCH3 is 1. The lowest BCUT2D eigenvalue weighted by Gasteiger charge is -2.15. The minimum atomic E-state index is -0.303. The standard InChI is InChI=1S/C15H15BrN2O3/c1-9(10-3-4-13(21-2)12(16)7-10)18-15(20)11-5-6-17-14(19)8-11/h3-9H,1-2H3,(H,17,19)(H,18,20). The zero-order valence-electron chi connectivity index (χ0n) is 11.6. The van der Waals surface area contributed by atoms with E-state index in [1.165, 1.54) is 12.3 Å². The van der Waals surface area contributed by atoms with Crippen molar-refractivity contribution in [2.75, 3.05) is 7.11 Å². The maximum absolute atomic E-state index is 12.1. The van der Waals surface area contributed by atoms with E-state index in [2.05, 4.69) is 26.2 Å². The van der Waals surface area contributed by atoms with Gasteiger partial charge in [-0.3, -0.25) is 9.59 Å². The van der Waals surface area contributed by atoms with Crippen molar-refractivity contribution in [2.24, 2.45) is 0 Å². The van der Waals surface area contributed by atoms with Crippen molar-refractivity contribution in [3.8, 4) is 5.75 Å². The Balaban J connectivity index is 2.14. The number of benzene rings is 1. The van der Waals surface area contributed by atoms with Gasteiger partial charge in [0.05, 0.1) is 17.6 Å². The SMILES string of the molecule is COc1ccc(C(C)NC(=O)c2cc[nH]c(=O)c2)cc1Br. The fraction of sp³-hybridized carbons (Fsp3) is 0.200. The van der Waals surface area contributed by atoms with E-state index in [1.54, 1.807) is 13.2 Å². The molecule has 1 atom stereocenters. The predicted molar refractivity (Wildman–Crippen MR) is 83.6 cm³/mol. The highest BCUT2D eigenvalue weighted by atomic mass is 79.9. The molecular formula is C15H15BrN2O3. The maximum atomic E-state index is 12.1. The number of amides is 1. The molecule has 0 aliphatic rings. The number of H-pyrrole nitrogens is 1. The second-order valence-corrected chi connectivity index (χ2v) is 5.39. The lowest BCUT2D eigenvalue weighted by molar-refractivity contribution is 0.0939. The summed E-state index contributed by atoms with van der Waals surface area (Å²) in [4.78, 5) is 25.8. The number of aromatic amines is 1. The second kappa shape index (κ2) is 6.58. The first kappa shape index (κ1) is 15.3. The van der Waals surface area contributed by atoms with Crippen LogP contribution in [-0.2, 0) is 0 Å². The molecule has 0 aliphatic carbocycles. The van der Waals surface area contributed by atoms with E-state index in [4.69, 9.17) is 4.74 Å². The Labute approximate surface area is 130 Å². The summed E-state index contributed by atoms with van der Waals surface area (Å²) in [5.74, 6) is 0.437. The topological polar surface area (TPSA) is 71.2 Å². The smallest absolute Gasteiger partial charge is 0.252 e. The number of hydrogen-bond donors (Lipinski definition) is 2. The summed E-state index contributed by atoms with van der Waals surface area (Å²) in [6, 6.07) is 8.24. The molecule has 1 aromatic carbocycles. The van der Waals surface area contributed by atoms with Gasteiger partial charge in [0, 0.05) is 17.8 Å². The molecule has 2 N–H and O–H groups in total. The Morgan fingerprint density at radius 3 is 2.71 bits per heavy atom. The molecule has 1 unspecified atom stereocenters. The van der Waals surface area contributed by atoms with Crippen LogP contribution in [0.4, 0.5) is 0 Å². The van der Waals surface area contributed by atoms with Crippen molar-refractivity contribution < 1.29 is 9.53 Å². The minimum Gasteiger partial charge on any atom is -0.496 e. The van der Waals surface area contributed by atoms with Crippen LogP contribution >= 0.6 is 15.9 Å². The van der Waals surface area contributed by atoms with Gasteiger partial charge in [-0.05, 0) is 46.6 Å². The Morgan fingerprint density at radius 1 is 1.33 bits per heavy atom. The molecule has 0 bridgehead atoms. The van der Waals surface area contributed by atoms with Gasteiger partial charge >= 0.3 is 0 Å². The second-order valence-electron chi connectivity index (χ2n) is 4.53. The van der Waals surface area contributed by atoms with Crippen molar-refractivity contribution in [3.05, 3.63) is 62.5 Å². The summed E-state index contributed by atoms with van der Waals surface area (Å²) in [6.45, 7) is 1.87. The molecule has 1 amide bonds. The van der Waals surface area contributed by atoms with Crippen LogP contribution in [-0.4, -0.2) is 18.0 Å². The Hall–Kier alpha value is -2.08. The van der Waals surface area contributed by atoms with Crippen LogP contribution < -0.4 is 15.6 Å². The quantitative estimate of drug-likeness (QED) is 0.890. The van der Waals surface area contributed by atoms with E-state index < -0.39 is 0 Å². The lowest BCUT2D eigenvalue weighted by Crippen LogP contribution is -2.27. The summed E-state index contributed by atoms with van der Waals surface area (Å²) in [5.41, 5.74) is 0.960. The molecule has 1 aromatic heterocycles. The van der Waals surface area contributed by atoms with Crippen molar-refractivity contribution in [1.82, 2.24) is 10.3 Å². The van der Waals surface area contributed by atoms with Crippen molar-refractivity contribution in [1.29, 1.82) is 0 Å². The van der Waals surface area contributed by atoms with Gasteiger partial charge in [0.1, 0.15) is 5.75 Å². The van der Waals surface area contributed by atoms with E-state index in [-0.39, 0.29) is 17.5 Å². The third-order valence-corrected chi connectivity index (χ3v) is 3.68. The number of hydrogen-bond acceptors (Lipinski definition) is 3. The molecule has 2 aromatic rings. The molecule has 0 spiro atoms. The molecule has 6 heteroatoms. The summed E-state index contributed by atoms with van der Waals surface area (Å²) in [5, 5.41) is 2.85. The third kappa shape index (κ3) is 3.72. The highest BCUT2D eigenvalue weighted by molar-refractivity contribution is 9.10. The van der Waals surface area contributed by atoms with Gasteiger partial charge in [-0.2, -0.15) is 0 Å². The molecule has 2 rings (SSSR count). The van der Waals surface area contributed by atoms with Crippen LogP contribution in [0.1, 0.15) is 28.9 Å². The summed E-state index contributed by atoms with van der Waals surface area (Å²) < 4.78 is 5.99. The first-order valence-electron chi connectivity index (χ1n) is 6.34. The molecule has 0 radical (unpaired) electrons. The third-order valence-electron chi connectivity index (χ3n) is 3.06. The Bertz CT molecular complexity index is 712. The Kier molecular flexibility index (Phi) is 4.80. The lowest BCUT2D eigenvalue weighted by atomic mass is 10.1. The molecule has 0 saturated heterocycles. The maximum Gasteiger partial charge on any atom is 0.252 e. The van der Waals surface area contributed by atoms with Crippen molar-refractivity contribution in [3.63, 3.8) is 0 Å². The average Bonchev–Trinajstić information content (AvgIpc) is 2.47. The molecule has 1 heterocycles. The number of pyridine rings is 1. The number of carbonyl (C=O) groups is 1. The fourth-order valence-corrected chi connectivity index (χ4v) is 2.46. The number of rotatable bonds is 4. The minimum absolute atomic E-state index is 0.195. The van der Waals surface area contributed by atoms with Gasteiger partial charge < -0.3 is 15.0 Å². The fourth-order valence-electron chi connectivity index (χ4n) is 1.90. The van der Waals surface area contributed by atoms with Crippen LogP contribution in [0.25, 0.3) is 0 Å². The van der Waals surface area contributed by atoms with E-state index in [9.17, 15) is 9.59 Å². The van der Waals surface area contributed by atoms with Gasteiger partial charge in [0.25, 0.3) is 5.91 Å². The van der Waals surface area contributed by atoms with Crippen LogP contribution in [0, 0.1) is 0 Å². The number of carbonyl (C=O) groups excluding carboxylic acids is 1. The molecule has 21 heavy (non-hydrogen) atoms. The highest BCUT2D eigenvalue weighted by Gasteiger charge is 2.13. The van der Waals surface area contributed by atoms with Crippen LogP contribution in [0.15, 0.2) is 45.8 Å². The monoisotopic (exact) mass is 350 g/mol. The largest absolute Gasteiger partial charge is 0.496 e. The molecule has 0 saturated carbocycles. The number of ether oxygens (including phenoxy) is 1. The first-order chi connectivity index (χ1) is 10.0.